The Morgan fingerprint density at radius 1 is 1.39 bits per heavy atom. The van der Waals surface area contributed by atoms with Gasteiger partial charge in [-0.25, -0.2) is 4.79 Å². The molecule has 9 heteroatoms. The molecule has 4 N–H and O–H groups in total. The van der Waals surface area contributed by atoms with Crippen molar-refractivity contribution < 1.29 is 24.5 Å². The Morgan fingerprint density at radius 3 is 2.75 bits per heavy atom. The number of aliphatic hydroxyl groups excluding tert-OH is 1. The maximum absolute atomic E-state index is 11.9. The van der Waals surface area contributed by atoms with Gasteiger partial charge in [-0.3, -0.25) is 9.78 Å². The van der Waals surface area contributed by atoms with E-state index in [2.05, 4.69) is 21.7 Å². The number of carboxylic acid groups (broad SMARTS) is 1. The van der Waals surface area contributed by atoms with Crippen LogP contribution in [0, 0.1) is 11.3 Å². The van der Waals surface area contributed by atoms with Gasteiger partial charge < -0.3 is 25.6 Å². The Kier molecular flexibility index (Phi) is 4.48. The van der Waals surface area contributed by atoms with E-state index >= 15 is 0 Å². The highest BCUT2D eigenvalue weighted by Gasteiger charge is 2.54. The molecule has 1 saturated carbocycles. The van der Waals surface area contributed by atoms with Crippen LogP contribution >= 0.6 is 0 Å². The molecule has 1 aromatic rings. The van der Waals surface area contributed by atoms with Gasteiger partial charge in [-0.2, -0.15) is 5.26 Å². The van der Waals surface area contributed by atoms with Crippen LogP contribution in [-0.4, -0.2) is 51.0 Å². The molecule has 3 aliphatic heterocycles. The fourth-order valence-electron chi connectivity index (χ4n) is 4.59. The molecule has 148 valence electrons. The third-order valence-corrected chi connectivity index (χ3v) is 6.30. The van der Waals surface area contributed by atoms with E-state index in [0.29, 0.717) is 55.3 Å². The van der Waals surface area contributed by atoms with Gasteiger partial charge in [-0.15, -0.1) is 0 Å². The highest BCUT2D eigenvalue weighted by molar-refractivity contribution is 5.94. The Bertz CT molecular complexity index is 853. The van der Waals surface area contributed by atoms with Crippen LogP contribution in [0.4, 0.5) is 10.5 Å². The maximum atomic E-state index is 11.9. The van der Waals surface area contributed by atoms with Crippen LogP contribution in [-0.2, 0) is 22.4 Å². The second-order valence-corrected chi connectivity index (χ2v) is 7.92. The molecular weight excluding hydrogens is 364 g/mol. The highest BCUT2D eigenvalue weighted by atomic mass is 16.5. The minimum atomic E-state index is -1.07. The number of ether oxygens (including phenoxy) is 1. The van der Waals surface area contributed by atoms with Gasteiger partial charge in [0.1, 0.15) is 6.07 Å². The van der Waals surface area contributed by atoms with Gasteiger partial charge in [0.2, 0.25) is 5.91 Å². The first kappa shape index (κ1) is 18.7. The predicted octanol–water partition coefficient (Wildman–Crippen LogP) is 1.09. The molecule has 4 heterocycles. The quantitative estimate of drug-likeness (QED) is 0.606. The predicted molar refractivity (Wildman–Crippen MR) is 96.7 cm³/mol. The maximum Gasteiger partial charge on any atom is 0.405 e. The van der Waals surface area contributed by atoms with Crippen molar-refractivity contribution in [3.63, 3.8) is 0 Å². The van der Waals surface area contributed by atoms with Crippen molar-refractivity contribution in [1.82, 2.24) is 10.3 Å². The molecule has 1 unspecified atom stereocenters. The number of anilines is 1. The van der Waals surface area contributed by atoms with E-state index in [0.717, 1.165) is 5.69 Å². The van der Waals surface area contributed by atoms with Crippen molar-refractivity contribution in [1.29, 1.82) is 5.26 Å². The highest BCUT2D eigenvalue weighted by Crippen LogP contribution is 2.46. The number of hydrogen-bond acceptors (Lipinski definition) is 6. The van der Waals surface area contributed by atoms with Gasteiger partial charge in [0, 0.05) is 25.5 Å². The third kappa shape index (κ3) is 3.08. The SMILES string of the molecule is N#Cc1cnc2c(c1CC(O)C13CCC(NC(=O)O)(CC1)CO3)NC(=O)CC2. The van der Waals surface area contributed by atoms with Crippen LogP contribution < -0.4 is 10.6 Å². The lowest BCUT2D eigenvalue weighted by Crippen LogP contribution is -2.66. The fourth-order valence-corrected chi connectivity index (χ4v) is 4.59. The summed E-state index contributed by atoms with van der Waals surface area (Å²) < 4.78 is 5.98. The number of nitrogens with zero attached hydrogens (tertiary/aromatic N) is 2. The summed E-state index contributed by atoms with van der Waals surface area (Å²) in [7, 11) is 0. The first-order valence-electron chi connectivity index (χ1n) is 9.40. The summed E-state index contributed by atoms with van der Waals surface area (Å²) in [6, 6.07) is 2.10. The summed E-state index contributed by atoms with van der Waals surface area (Å²) in [5.74, 6) is -0.130. The topological polar surface area (TPSA) is 145 Å². The van der Waals surface area contributed by atoms with Crippen molar-refractivity contribution >= 4 is 17.7 Å². The molecule has 2 amide bonds. The summed E-state index contributed by atoms with van der Waals surface area (Å²) >= 11 is 0. The van der Waals surface area contributed by atoms with Crippen LogP contribution in [0.1, 0.15) is 48.9 Å². The van der Waals surface area contributed by atoms with E-state index in [1.54, 1.807) is 0 Å². The number of carbonyl (C=O) groups is 2. The first-order valence-corrected chi connectivity index (χ1v) is 9.40. The van der Waals surface area contributed by atoms with Crippen molar-refractivity contribution in [3.05, 3.63) is 23.0 Å². The van der Waals surface area contributed by atoms with E-state index in [4.69, 9.17) is 9.84 Å². The zero-order valence-corrected chi connectivity index (χ0v) is 15.3. The summed E-state index contributed by atoms with van der Waals surface area (Å²) in [5.41, 5.74) is 0.788. The monoisotopic (exact) mass is 386 g/mol. The molecule has 28 heavy (non-hydrogen) atoms. The Labute approximate surface area is 161 Å². The molecule has 9 nitrogen and oxygen atoms in total. The van der Waals surface area contributed by atoms with Gasteiger partial charge in [0.25, 0.3) is 0 Å². The van der Waals surface area contributed by atoms with Gasteiger partial charge in [-0.05, 0) is 31.2 Å². The molecule has 5 rings (SSSR count). The Morgan fingerprint density at radius 2 is 2.14 bits per heavy atom. The number of hydrogen-bond donors (Lipinski definition) is 4. The van der Waals surface area contributed by atoms with Crippen LogP contribution in [0.5, 0.6) is 0 Å². The summed E-state index contributed by atoms with van der Waals surface area (Å²) in [4.78, 5) is 27.2. The number of pyridine rings is 1. The normalized spacial score (nSPS) is 29.4. The van der Waals surface area contributed by atoms with Crippen LogP contribution in [0.2, 0.25) is 0 Å². The van der Waals surface area contributed by atoms with Crippen molar-refractivity contribution in [2.45, 2.75) is 62.2 Å². The standard InChI is InChI=1S/C19H22N4O5/c20-8-11-9-21-13-1-2-15(25)22-16(13)12(11)7-14(24)19-5-3-18(4-6-19,10-28-19)23-17(26)27/h9,14,23-24H,1-7,10H2,(H,22,25)(H,26,27). The molecule has 1 atom stereocenters. The Balaban J connectivity index is 1.57. The molecule has 0 aromatic carbocycles. The molecule has 2 saturated heterocycles. The molecule has 2 bridgehead atoms. The van der Waals surface area contributed by atoms with Crippen LogP contribution in [0.15, 0.2) is 6.20 Å². The van der Waals surface area contributed by atoms with Crippen LogP contribution in [0.3, 0.4) is 0 Å². The van der Waals surface area contributed by atoms with Gasteiger partial charge in [-0.1, -0.05) is 0 Å². The smallest absolute Gasteiger partial charge is 0.405 e. The lowest BCUT2D eigenvalue weighted by atomic mass is 9.68. The molecule has 4 aliphatic rings. The minimum absolute atomic E-state index is 0.130. The number of aromatic nitrogens is 1. The first-order chi connectivity index (χ1) is 13.4. The number of carbonyl (C=O) groups excluding carboxylic acids is 1. The average molecular weight is 386 g/mol. The summed E-state index contributed by atoms with van der Waals surface area (Å²) in [6.45, 7) is 0.215. The second kappa shape index (κ2) is 6.72. The lowest BCUT2D eigenvalue weighted by molar-refractivity contribution is -0.206. The third-order valence-electron chi connectivity index (χ3n) is 6.30. The van der Waals surface area contributed by atoms with Gasteiger partial charge >= 0.3 is 6.09 Å². The number of rotatable bonds is 4. The van der Waals surface area contributed by atoms with Crippen molar-refractivity contribution in [3.8, 4) is 6.07 Å². The molecule has 0 spiro atoms. The number of amides is 2. The van der Waals surface area contributed by atoms with E-state index in [1.165, 1.54) is 6.20 Å². The minimum Gasteiger partial charge on any atom is -0.465 e. The molecular formula is C19H22N4O5. The van der Waals surface area contributed by atoms with E-state index in [1.807, 2.05) is 0 Å². The molecule has 3 fully saturated rings. The number of nitriles is 1. The number of fused-ring (bicyclic) bond motifs is 4. The number of aliphatic hydroxyl groups is 1. The lowest BCUT2D eigenvalue weighted by Gasteiger charge is -2.54. The van der Waals surface area contributed by atoms with E-state index < -0.39 is 23.3 Å². The van der Waals surface area contributed by atoms with Gasteiger partial charge in [0.15, 0.2) is 0 Å². The van der Waals surface area contributed by atoms with Crippen molar-refractivity contribution in [2.75, 3.05) is 11.9 Å². The molecule has 1 aromatic heterocycles. The zero-order chi connectivity index (χ0) is 19.9. The fraction of sp³-hybridized carbons (Fsp3) is 0.579. The zero-order valence-electron chi connectivity index (χ0n) is 15.3. The summed E-state index contributed by atoms with van der Waals surface area (Å²) in [5, 5.41) is 34.9. The number of nitrogens with one attached hydrogen (secondary N) is 2. The van der Waals surface area contributed by atoms with Crippen molar-refractivity contribution in [2.24, 2.45) is 0 Å². The summed E-state index contributed by atoms with van der Waals surface area (Å²) in [6.07, 6.45) is 2.77. The van der Waals surface area contributed by atoms with E-state index in [-0.39, 0.29) is 18.9 Å². The van der Waals surface area contributed by atoms with Crippen LogP contribution in [0.25, 0.3) is 0 Å². The van der Waals surface area contributed by atoms with E-state index in [9.17, 15) is 20.0 Å². The molecule has 0 radical (unpaired) electrons. The average Bonchev–Trinajstić information content (AvgIpc) is 2.69. The number of aryl methyl sites for hydroxylation is 1. The Hall–Kier alpha value is -2.70. The largest absolute Gasteiger partial charge is 0.465 e. The second-order valence-electron chi connectivity index (χ2n) is 7.92. The molecule has 1 aliphatic carbocycles. The van der Waals surface area contributed by atoms with Gasteiger partial charge in [0.05, 0.1) is 40.8 Å².